The number of anilines is 1. The van der Waals surface area contributed by atoms with E-state index in [9.17, 15) is 0 Å². The number of benzene rings is 1. The Bertz CT molecular complexity index is 441. The number of thiazole rings is 1. The maximum Gasteiger partial charge on any atom is 0.0978 e. The first-order valence-electron chi connectivity index (χ1n) is 3.49. The van der Waals surface area contributed by atoms with Gasteiger partial charge in [-0.3, -0.25) is 0 Å². The minimum atomic E-state index is 0. The van der Waals surface area contributed by atoms with E-state index in [0.29, 0.717) is 0 Å². The summed E-state index contributed by atoms with van der Waals surface area (Å²) in [5, 5.41) is 1.07. The molecule has 0 aliphatic rings. The lowest BCUT2D eigenvalue weighted by Crippen LogP contribution is -1.85. The van der Waals surface area contributed by atoms with E-state index in [0.717, 1.165) is 20.7 Å². The lowest BCUT2D eigenvalue weighted by Gasteiger charge is -1.96. The molecule has 70 valence electrons. The van der Waals surface area contributed by atoms with Crippen LogP contribution in [-0.2, 0) is 0 Å². The van der Waals surface area contributed by atoms with Crippen molar-refractivity contribution in [3.05, 3.63) is 21.6 Å². The standard InChI is InChI=1S/C8H7BrN2S.ClH/c1-4-11-8-6(12-4)3-2-5(10)7(8)9;/h2-3H,10H2,1H3;1H. The van der Waals surface area contributed by atoms with Crippen molar-refractivity contribution < 1.29 is 0 Å². The molecule has 13 heavy (non-hydrogen) atoms. The Morgan fingerprint density at radius 1 is 1.46 bits per heavy atom. The van der Waals surface area contributed by atoms with E-state index in [1.165, 1.54) is 4.70 Å². The Morgan fingerprint density at radius 2 is 2.15 bits per heavy atom. The van der Waals surface area contributed by atoms with Crippen LogP contribution in [0, 0.1) is 6.92 Å². The second-order valence-electron chi connectivity index (χ2n) is 2.55. The van der Waals surface area contributed by atoms with Gasteiger partial charge in [0, 0.05) is 5.69 Å². The molecule has 0 bridgehead atoms. The molecule has 2 N–H and O–H groups in total. The third kappa shape index (κ3) is 1.80. The molecule has 0 unspecified atom stereocenters. The van der Waals surface area contributed by atoms with Gasteiger partial charge >= 0.3 is 0 Å². The highest BCUT2D eigenvalue weighted by molar-refractivity contribution is 9.10. The van der Waals surface area contributed by atoms with Crippen molar-refractivity contribution in [2.45, 2.75) is 6.92 Å². The SMILES string of the molecule is Cc1nc2c(Br)c(N)ccc2s1.Cl. The molecular formula is C8H8BrClN2S. The van der Waals surface area contributed by atoms with Gasteiger partial charge in [0.2, 0.25) is 0 Å². The van der Waals surface area contributed by atoms with Crippen LogP contribution in [0.2, 0.25) is 0 Å². The van der Waals surface area contributed by atoms with Crippen LogP contribution in [0.1, 0.15) is 5.01 Å². The van der Waals surface area contributed by atoms with Crippen LogP contribution in [0.25, 0.3) is 10.2 Å². The summed E-state index contributed by atoms with van der Waals surface area (Å²) in [5.41, 5.74) is 7.43. The summed E-state index contributed by atoms with van der Waals surface area (Å²) in [6.07, 6.45) is 0. The third-order valence-electron chi connectivity index (χ3n) is 1.64. The van der Waals surface area contributed by atoms with Gasteiger partial charge < -0.3 is 5.73 Å². The largest absolute Gasteiger partial charge is 0.398 e. The number of rotatable bonds is 0. The van der Waals surface area contributed by atoms with Gasteiger partial charge in [0.1, 0.15) is 0 Å². The first kappa shape index (κ1) is 10.8. The second-order valence-corrected chi connectivity index (χ2v) is 4.58. The maximum absolute atomic E-state index is 5.71. The Morgan fingerprint density at radius 3 is 2.85 bits per heavy atom. The lowest BCUT2D eigenvalue weighted by molar-refractivity contribution is 1.34. The van der Waals surface area contributed by atoms with E-state index < -0.39 is 0 Å². The average molecular weight is 280 g/mol. The lowest BCUT2D eigenvalue weighted by atomic mass is 10.3. The summed E-state index contributed by atoms with van der Waals surface area (Å²) in [5.74, 6) is 0. The zero-order valence-electron chi connectivity index (χ0n) is 6.87. The molecule has 0 spiro atoms. The van der Waals surface area contributed by atoms with Crippen LogP contribution in [-0.4, -0.2) is 4.98 Å². The van der Waals surface area contributed by atoms with E-state index in [2.05, 4.69) is 20.9 Å². The molecular weight excluding hydrogens is 272 g/mol. The highest BCUT2D eigenvalue weighted by Crippen LogP contribution is 2.31. The Hall–Kier alpha value is -0.320. The molecule has 0 atom stereocenters. The van der Waals surface area contributed by atoms with Crippen LogP contribution in [0.5, 0.6) is 0 Å². The van der Waals surface area contributed by atoms with Crippen LogP contribution < -0.4 is 5.73 Å². The predicted molar refractivity (Wildman–Crippen MR) is 63.7 cm³/mol. The maximum atomic E-state index is 5.71. The molecule has 1 aromatic heterocycles. The quantitative estimate of drug-likeness (QED) is 0.751. The molecule has 0 radical (unpaired) electrons. The van der Waals surface area contributed by atoms with Crippen molar-refractivity contribution in [1.82, 2.24) is 4.98 Å². The van der Waals surface area contributed by atoms with Gasteiger partial charge in [-0.2, -0.15) is 0 Å². The zero-order valence-corrected chi connectivity index (χ0v) is 10.1. The summed E-state index contributed by atoms with van der Waals surface area (Å²) in [6, 6.07) is 3.89. The fourth-order valence-electron chi connectivity index (χ4n) is 1.09. The van der Waals surface area contributed by atoms with Crippen LogP contribution in [0.3, 0.4) is 0 Å². The fraction of sp³-hybridized carbons (Fsp3) is 0.125. The molecule has 0 fully saturated rings. The normalized spacial score (nSPS) is 10.0. The van der Waals surface area contributed by atoms with Crippen molar-refractivity contribution in [3.8, 4) is 0 Å². The van der Waals surface area contributed by atoms with Crippen molar-refractivity contribution in [3.63, 3.8) is 0 Å². The van der Waals surface area contributed by atoms with Gasteiger partial charge in [-0.1, -0.05) is 0 Å². The number of fused-ring (bicyclic) bond motifs is 1. The highest BCUT2D eigenvalue weighted by Gasteiger charge is 2.06. The molecule has 0 saturated carbocycles. The Kier molecular flexibility index (Phi) is 3.16. The Balaban J connectivity index is 0.000000845. The van der Waals surface area contributed by atoms with Crippen LogP contribution >= 0.6 is 39.7 Å². The number of nitrogen functional groups attached to an aromatic ring is 1. The minimum absolute atomic E-state index is 0. The molecule has 2 nitrogen and oxygen atoms in total. The number of hydrogen-bond acceptors (Lipinski definition) is 3. The molecule has 1 heterocycles. The topological polar surface area (TPSA) is 38.9 Å². The van der Waals surface area contributed by atoms with Crippen molar-refractivity contribution in [1.29, 1.82) is 0 Å². The summed E-state index contributed by atoms with van der Waals surface area (Å²) < 4.78 is 2.08. The van der Waals surface area contributed by atoms with Gasteiger partial charge in [-0.05, 0) is 35.0 Å². The average Bonchev–Trinajstić information content (AvgIpc) is 2.39. The molecule has 0 aliphatic carbocycles. The molecule has 2 rings (SSSR count). The molecule has 0 amide bonds. The van der Waals surface area contributed by atoms with Crippen molar-refractivity contribution in [2.75, 3.05) is 5.73 Å². The number of nitrogens with two attached hydrogens (primary N) is 1. The fourth-order valence-corrected chi connectivity index (χ4v) is 2.49. The van der Waals surface area contributed by atoms with Gasteiger partial charge in [0.15, 0.2) is 0 Å². The molecule has 1 aromatic carbocycles. The number of hydrogen-bond donors (Lipinski definition) is 1. The molecule has 0 saturated heterocycles. The summed E-state index contributed by atoms with van der Waals surface area (Å²) in [7, 11) is 0. The van der Waals surface area contributed by atoms with E-state index in [1.54, 1.807) is 11.3 Å². The van der Waals surface area contributed by atoms with Gasteiger partial charge in [-0.15, -0.1) is 23.7 Å². The van der Waals surface area contributed by atoms with Crippen molar-refractivity contribution >= 4 is 55.6 Å². The molecule has 0 aliphatic heterocycles. The van der Waals surface area contributed by atoms with E-state index in [1.807, 2.05) is 19.1 Å². The van der Waals surface area contributed by atoms with Crippen molar-refractivity contribution in [2.24, 2.45) is 0 Å². The van der Waals surface area contributed by atoms with E-state index in [4.69, 9.17) is 5.73 Å². The number of halogens is 2. The van der Waals surface area contributed by atoms with Gasteiger partial charge in [0.25, 0.3) is 0 Å². The summed E-state index contributed by atoms with van der Waals surface area (Å²) >= 11 is 5.09. The Labute approximate surface area is 94.7 Å². The first-order valence-corrected chi connectivity index (χ1v) is 5.10. The minimum Gasteiger partial charge on any atom is -0.398 e. The van der Waals surface area contributed by atoms with Crippen LogP contribution in [0.4, 0.5) is 5.69 Å². The summed E-state index contributed by atoms with van der Waals surface area (Å²) in [6.45, 7) is 1.99. The number of nitrogens with zero attached hydrogens (tertiary/aromatic N) is 1. The predicted octanol–water partition coefficient (Wildman–Crippen LogP) is 3.37. The molecule has 5 heteroatoms. The van der Waals surface area contributed by atoms with Gasteiger partial charge in [-0.25, -0.2) is 4.98 Å². The second kappa shape index (κ2) is 3.82. The number of aromatic nitrogens is 1. The van der Waals surface area contributed by atoms with Crippen LogP contribution in [0.15, 0.2) is 16.6 Å². The third-order valence-corrected chi connectivity index (χ3v) is 3.41. The zero-order chi connectivity index (χ0) is 8.72. The molecule has 2 aromatic rings. The monoisotopic (exact) mass is 278 g/mol. The first-order chi connectivity index (χ1) is 5.68. The summed E-state index contributed by atoms with van der Waals surface area (Å²) in [4.78, 5) is 4.37. The highest BCUT2D eigenvalue weighted by atomic mass is 79.9. The van der Waals surface area contributed by atoms with E-state index >= 15 is 0 Å². The van der Waals surface area contributed by atoms with Gasteiger partial charge in [0.05, 0.1) is 19.7 Å². The van der Waals surface area contributed by atoms with E-state index in [-0.39, 0.29) is 12.4 Å². The smallest absolute Gasteiger partial charge is 0.0978 e. The number of aryl methyl sites for hydroxylation is 1.